The highest BCUT2D eigenvalue weighted by Crippen LogP contribution is 2.17. The average Bonchev–Trinajstić information content (AvgIpc) is 2.48. The Balaban J connectivity index is 1.87. The molecular weight excluding hydrogens is 274 g/mol. The summed E-state index contributed by atoms with van der Waals surface area (Å²) in [6, 6.07) is 3.62. The van der Waals surface area contributed by atoms with Crippen LogP contribution in [0.25, 0.3) is 0 Å². The Labute approximate surface area is 124 Å². The lowest BCUT2D eigenvalue weighted by atomic mass is 10.0. The Kier molecular flexibility index (Phi) is 5.28. The van der Waals surface area contributed by atoms with E-state index >= 15 is 0 Å². The van der Waals surface area contributed by atoms with Crippen LogP contribution >= 0.6 is 0 Å². The Hall–Kier alpha value is -1.49. The fourth-order valence-electron chi connectivity index (χ4n) is 2.74. The first-order valence-electron chi connectivity index (χ1n) is 7.35. The standard InChI is InChI=1S/C16H22F2N2O/c1-19-9-7-14(8-10-19)20(2)16(21)6-3-12-11-13(17)4-5-15(12)18/h4-5,11,14H,3,6-10H2,1-2H3. The third-order valence-electron chi connectivity index (χ3n) is 4.25. The van der Waals surface area contributed by atoms with E-state index in [0.717, 1.165) is 44.1 Å². The zero-order valence-electron chi connectivity index (χ0n) is 12.6. The third-order valence-corrected chi connectivity index (χ3v) is 4.25. The van der Waals surface area contributed by atoms with E-state index < -0.39 is 11.6 Å². The molecule has 1 aliphatic heterocycles. The second kappa shape index (κ2) is 6.98. The van der Waals surface area contributed by atoms with Crippen molar-refractivity contribution in [2.45, 2.75) is 31.7 Å². The topological polar surface area (TPSA) is 23.6 Å². The number of rotatable bonds is 4. The van der Waals surface area contributed by atoms with E-state index in [-0.39, 0.29) is 30.4 Å². The van der Waals surface area contributed by atoms with Gasteiger partial charge in [-0.1, -0.05) is 0 Å². The molecule has 1 aliphatic rings. The highest BCUT2D eigenvalue weighted by atomic mass is 19.1. The van der Waals surface area contributed by atoms with Crippen molar-refractivity contribution in [2.75, 3.05) is 27.2 Å². The van der Waals surface area contributed by atoms with Crippen molar-refractivity contribution in [1.82, 2.24) is 9.80 Å². The predicted molar refractivity (Wildman–Crippen MR) is 78.0 cm³/mol. The largest absolute Gasteiger partial charge is 0.343 e. The number of hydrogen-bond acceptors (Lipinski definition) is 2. The van der Waals surface area contributed by atoms with Gasteiger partial charge in [0.1, 0.15) is 11.6 Å². The van der Waals surface area contributed by atoms with Gasteiger partial charge in [-0.05, 0) is 63.2 Å². The summed E-state index contributed by atoms with van der Waals surface area (Å²) in [5.74, 6) is -0.929. The van der Waals surface area contributed by atoms with E-state index in [9.17, 15) is 13.6 Å². The molecule has 1 aromatic rings. The third kappa shape index (κ3) is 4.24. The van der Waals surface area contributed by atoms with Crippen LogP contribution in [0.3, 0.4) is 0 Å². The van der Waals surface area contributed by atoms with Crippen LogP contribution in [0, 0.1) is 11.6 Å². The molecule has 0 N–H and O–H groups in total. The first-order chi connectivity index (χ1) is 9.97. The van der Waals surface area contributed by atoms with Crippen LogP contribution in [0.1, 0.15) is 24.8 Å². The number of hydrogen-bond donors (Lipinski definition) is 0. The van der Waals surface area contributed by atoms with E-state index in [2.05, 4.69) is 11.9 Å². The molecule has 0 unspecified atom stereocenters. The highest BCUT2D eigenvalue weighted by Gasteiger charge is 2.23. The van der Waals surface area contributed by atoms with Gasteiger partial charge in [0.05, 0.1) is 0 Å². The smallest absolute Gasteiger partial charge is 0.222 e. The number of benzene rings is 1. The first-order valence-corrected chi connectivity index (χ1v) is 7.35. The Morgan fingerprint density at radius 1 is 1.33 bits per heavy atom. The van der Waals surface area contributed by atoms with Gasteiger partial charge in [-0.3, -0.25) is 4.79 Å². The summed E-state index contributed by atoms with van der Waals surface area (Å²) < 4.78 is 26.6. The predicted octanol–water partition coefficient (Wildman–Crippen LogP) is 2.45. The van der Waals surface area contributed by atoms with Gasteiger partial charge in [-0.2, -0.15) is 0 Å². The second-order valence-corrected chi connectivity index (χ2v) is 5.77. The zero-order chi connectivity index (χ0) is 15.4. The number of carbonyl (C=O) groups is 1. The minimum atomic E-state index is -0.470. The monoisotopic (exact) mass is 296 g/mol. The normalized spacial score (nSPS) is 17.0. The average molecular weight is 296 g/mol. The molecule has 0 radical (unpaired) electrons. The minimum Gasteiger partial charge on any atom is -0.343 e. The molecule has 1 aromatic carbocycles. The molecule has 1 saturated heterocycles. The van der Waals surface area contributed by atoms with Crippen LogP contribution in [0.15, 0.2) is 18.2 Å². The van der Waals surface area contributed by atoms with E-state index in [1.807, 2.05) is 0 Å². The fourth-order valence-corrected chi connectivity index (χ4v) is 2.74. The molecule has 1 heterocycles. The van der Waals surface area contributed by atoms with E-state index in [4.69, 9.17) is 0 Å². The molecule has 2 rings (SSSR count). The summed E-state index contributed by atoms with van der Waals surface area (Å²) in [4.78, 5) is 16.2. The van der Waals surface area contributed by atoms with Crippen molar-refractivity contribution in [3.8, 4) is 0 Å². The maximum absolute atomic E-state index is 13.5. The van der Waals surface area contributed by atoms with Crippen molar-refractivity contribution in [3.63, 3.8) is 0 Å². The lowest BCUT2D eigenvalue weighted by Crippen LogP contribution is -2.44. The molecule has 0 aliphatic carbocycles. The molecule has 116 valence electrons. The number of halogens is 2. The summed E-state index contributed by atoms with van der Waals surface area (Å²) in [5.41, 5.74) is 0.264. The molecular formula is C16H22F2N2O. The Morgan fingerprint density at radius 3 is 2.67 bits per heavy atom. The molecule has 0 bridgehead atoms. The lowest BCUT2D eigenvalue weighted by molar-refractivity contribution is -0.132. The van der Waals surface area contributed by atoms with Crippen LogP contribution in [0.5, 0.6) is 0 Å². The van der Waals surface area contributed by atoms with Crippen LogP contribution in [0.2, 0.25) is 0 Å². The van der Waals surface area contributed by atoms with Gasteiger partial charge < -0.3 is 9.80 Å². The number of piperidine rings is 1. The van der Waals surface area contributed by atoms with Gasteiger partial charge in [0.2, 0.25) is 5.91 Å². The van der Waals surface area contributed by atoms with E-state index in [1.54, 1.807) is 11.9 Å². The maximum atomic E-state index is 13.5. The number of amides is 1. The van der Waals surface area contributed by atoms with Crippen LogP contribution in [-0.4, -0.2) is 48.9 Å². The molecule has 3 nitrogen and oxygen atoms in total. The molecule has 0 saturated carbocycles. The number of aryl methyl sites for hydroxylation is 1. The first kappa shape index (κ1) is 15.9. The molecule has 1 amide bonds. The van der Waals surface area contributed by atoms with Crippen molar-refractivity contribution >= 4 is 5.91 Å². The summed E-state index contributed by atoms with van der Waals surface area (Å²) >= 11 is 0. The van der Waals surface area contributed by atoms with E-state index in [0.29, 0.717) is 0 Å². The van der Waals surface area contributed by atoms with Crippen molar-refractivity contribution in [2.24, 2.45) is 0 Å². The number of nitrogens with zero attached hydrogens (tertiary/aromatic N) is 2. The van der Waals surface area contributed by atoms with Crippen LogP contribution in [0.4, 0.5) is 8.78 Å². The van der Waals surface area contributed by atoms with E-state index in [1.165, 1.54) is 0 Å². The number of carbonyl (C=O) groups excluding carboxylic acids is 1. The van der Waals surface area contributed by atoms with Crippen molar-refractivity contribution in [1.29, 1.82) is 0 Å². The van der Waals surface area contributed by atoms with Gasteiger partial charge in [-0.15, -0.1) is 0 Å². The van der Waals surface area contributed by atoms with Gasteiger partial charge in [0.15, 0.2) is 0 Å². The lowest BCUT2D eigenvalue weighted by Gasteiger charge is -2.35. The summed E-state index contributed by atoms with van der Waals surface area (Å²) in [7, 11) is 3.88. The minimum absolute atomic E-state index is 0.00628. The molecule has 0 atom stereocenters. The molecule has 21 heavy (non-hydrogen) atoms. The zero-order valence-corrected chi connectivity index (χ0v) is 12.6. The fraction of sp³-hybridized carbons (Fsp3) is 0.562. The summed E-state index contributed by atoms with van der Waals surface area (Å²) in [5, 5.41) is 0. The van der Waals surface area contributed by atoms with Crippen molar-refractivity contribution < 1.29 is 13.6 Å². The Bertz CT molecular complexity index is 499. The van der Waals surface area contributed by atoms with Gasteiger partial charge in [0.25, 0.3) is 0 Å². The van der Waals surface area contributed by atoms with Crippen LogP contribution < -0.4 is 0 Å². The highest BCUT2D eigenvalue weighted by molar-refractivity contribution is 5.76. The molecule has 0 aromatic heterocycles. The maximum Gasteiger partial charge on any atom is 0.222 e. The Morgan fingerprint density at radius 2 is 2.00 bits per heavy atom. The quantitative estimate of drug-likeness (QED) is 0.852. The molecule has 5 heteroatoms. The van der Waals surface area contributed by atoms with Gasteiger partial charge in [0, 0.05) is 19.5 Å². The van der Waals surface area contributed by atoms with Gasteiger partial charge >= 0.3 is 0 Å². The second-order valence-electron chi connectivity index (χ2n) is 5.77. The number of likely N-dealkylation sites (tertiary alicyclic amines) is 1. The summed E-state index contributed by atoms with van der Waals surface area (Å²) in [6.07, 6.45) is 2.38. The molecule has 0 spiro atoms. The molecule has 1 fully saturated rings. The van der Waals surface area contributed by atoms with Crippen LogP contribution in [-0.2, 0) is 11.2 Å². The SMILES string of the molecule is CN1CCC(N(C)C(=O)CCc2cc(F)ccc2F)CC1. The van der Waals surface area contributed by atoms with Crippen molar-refractivity contribution in [3.05, 3.63) is 35.4 Å². The summed E-state index contributed by atoms with van der Waals surface area (Å²) in [6.45, 7) is 1.97. The van der Waals surface area contributed by atoms with Gasteiger partial charge in [-0.25, -0.2) is 8.78 Å².